The van der Waals surface area contributed by atoms with Gasteiger partial charge in [-0.15, -0.1) is 6.58 Å². The summed E-state index contributed by atoms with van der Waals surface area (Å²) in [6, 6.07) is 0. The minimum absolute atomic E-state index is 0.898. The molecule has 0 aromatic carbocycles. The number of hydrogen-bond donors (Lipinski definition) is 0. The van der Waals surface area contributed by atoms with Gasteiger partial charge in [0, 0.05) is 0 Å². The molecule has 0 saturated carbocycles. The van der Waals surface area contributed by atoms with Gasteiger partial charge in [0.1, 0.15) is 0 Å². The van der Waals surface area contributed by atoms with Crippen molar-refractivity contribution in [2.45, 2.75) is 60.8 Å². The van der Waals surface area contributed by atoms with E-state index in [1.54, 1.807) is 0 Å². The second kappa shape index (κ2) is 22.4. The van der Waals surface area contributed by atoms with Crippen LogP contribution in [-0.2, 0) is 0 Å². The van der Waals surface area contributed by atoms with Crippen LogP contribution in [0, 0.1) is 5.92 Å². The normalized spacial score (nSPS) is 7.58. The van der Waals surface area contributed by atoms with E-state index >= 15 is 0 Å². The fourth-order valence-corrected chi connectivity index (χ4v) is 0.577. The summed E-state index contributed by atoms with van der Waals surface area (Å²) in [5, 5.41) is 0. The summed E-state index contributed by atoms with van der Waals surface area (Å²) < 4.78 is 0. The maximum absolute atomic E-state index is 3.48. The van der Waals surface area contributed by atoms with E-state index < -0.39 is 0 Å². The monoisotopic (exact) mass is 172 g/mol. The summed E-state index contributed by atoms with van der Waals surface area (Å²) in [5.74, 6) is 0.898. The molecule has 0 aromatic rings. The average Bonchev–Trinajstić information content (AvgIpc) is 2.08. The highest BCUT2D eigenvalue weighted by Gasteiger charge is 1.85. The van der Waals surface area contributed by atoms with Gasteiger partial charge in [0.2, 0.25) is 0 Å². The van der Waals surface area contributed by atoms with Gasteiger partial charge in [0.25, 0.3) is 0 Å². The van der Waals surface area contributed by atoms with Crippen molar-refractivity contribution in [1.29, 1.82) is 0 Å². The van der Waals surface area contributed by atoms with Crippen LogP contribution < -0.4 is 0 Å². The Kier molecular flexibility index (Phi) is 33.1. The number of allylic oxidation sites excluding steroid dienone is 1. The molecule has 0 saturated heterocycles. The van der Waals surface area contributed by atoms with Gasteiger partial charge in [0.05, 0.1) is 0 Å². The Balaban J connectivity index is -0.000000118. The summed E-state index contributed by atoms with van der Waals surface area (Å²) in [6.07, 6.45) is 5.66. The lowest BCUT2D eigenvalue weighted by molar-refractivity contribution is 0.576. The van der Waals surface area contributed by atoms with Gasteiger partial charge in [-0.25, -0.2) is 0 Å². The second-order valence-corrected chi connectivity index (χ2v) is 2.88. The third-order valence-corrected chi connectivity index (χ3v) is 1.15. The van der Waals surface area contributed by atoms with Crippen molar-refractivity contribution in [2.75, 3.05) is 0 Å². The molecule has 0 fully saturated rings. The largest absolute Gasteiger partial charge is 0.103 e. The van der Waals surface area contributed by atoms with Crippen molar-refractivity contribution in [3.63, 3.8) is 0 Å². The van der Waals surface area contributed by atoms with Gasteiger partial charge < -0.3 is 0 Å². The molecule has 0 heteroatoms. The highest BCUT2D eigenvalue weighted by molar-refractivity contribution is 4.60. The van der Waals surface area contributed by atoms with Crippen molar-refractivity contribution in [3.05, 3.63) is 12.7 Å². The van der Waals surface area contributed by atoms with Gasteiger partial charge in [-0.05, 0) is 12.3 Å². The maximum atomic E-state index is 3.48. The van der Waals surface area contributed by atoms with E-state index in [0.29, 0.717) is 0 Å². The van der Waals surface area contributed by atoms with E-state index in [2.05, 4.69) is 34.3 Å². The van der Waals surface area contributed by atoms with Crippen molar-refractivity contribution in [2.24, 2.45) is 5.92 Å². The topological polar surface area (TPSA) is 0 Å². The SMILES string of the molecule is C=CCC.CC.CCCC(C)C. The van der Waals surface area contributed by atoms with E-state index in [0.717, 1.165) is 12.3 Å². The van der Waals surface area contributed by atoms with Crippen molar-refractivity contribution >= 4 is 0 Å². The first kappa shape index (κ1) is 17.7. The molecule has 0 amide bonds. The summed E-state index contributed by atoms with van der Waals surface area (Å²) in [4.78, 5) is 0. The Hall–Kier alpha value is -0.260. The Labute approximate surface area is 80.1 Å². The third kappa shape index (κ3) is 53.2. The third-order valence-electron chi connectivity index (χ3n) is 1.15. The zero-order valence-corrected chi connectivity index (χ0v) is 9.98. The molecule has 0 aliphatic rings. The van der Waals surface area contributed by atoms with Crippen molar-refractivity contribution < 1.29 is 0 Å². The Morgan fingerprint density at radius 1 is 1.17 bits per heavy atom. The molecule has 0 spiro atoms. The van der Waals surface area contributed by atoms with E-state index in [-0.39, 0.29) is 0 Å². The zero-order chi connectivity index (χ0) is 10.4. The summed E-state index contributed by atoms with van der Waals surface area (Å²) in [7, 11) is 0. The molecule has 0 N–H and O–H groups in total. The quantitative estimate of drug-likeness (QED) is 0.522. The molecule has 0 bridgehead atoms. The maximum Gasteiger partial charge on any atom is -0.0382 e. The van der Waals surface area contributed by atoms with Crippen LogP contribution in [0.5, 0.6) is 0 Å². The minimum atomic E-state index is 0.898. The standard InChI is InChI=1S/C6H14.C4H8.C2H6/c1-4-5-6(2)3;1-3-4-2;1-2/h6H,4-5H2,1-3H3;3H,1,4H2,2H3;1-2H3. The van der Waals surface area contributed by atoms with Gasteiger partial charge in [-0.1, -0.05) is 60.5 Å². The van der Waals surface area contributed by atoms with Crippen LogP contribution in [0.15, 0.2) is 12.7 Å². The first-order valence-corrected chi connectivity index (χ1v) is 5.29. The van der Waals surface area contributed by atoms with Gasteiger partial charge in [-0.2, -0.15) is 0 Å². The molecule has 0 aliphatic heterocycles. The molecule has 0 nitrogen and oxygen atoms in total. The van der Waals surface area contributed by atoms with Crippen molar-refractivity contribution in [3.8, 4) is 0 Å². The molecule has 0 rings (SSSR count). The highest BCUT2D eigenvalue weighted by atomic mass is 13.9. The molecule has 12 heavy (non-hydrogen) atoms. The van der Waals surface area contributed by atoms with E-state index in [9.17, 15) is 0 Å². The van der Waals surface area contributed by atoms with Crippen LogP contribution in [0.2, 0.25) is 0 Å². The smallest absolute Gasteiger partial charge is 0.0382 e. The molecule has 0 aliphatic carbocycles. The van der Waals surface area contributed by atoms with Gasteiger partial charge >= 0.3 is 0 Å². The summed E-state index contributed by atoms with van der Waals surface area (Å²) in [6.45, 7) is 16.3. The molecule has 0 atom stereocenters. The second-order valence-electron chi connectivity index (χ2n) is 2.88. The first-order valence-electron chi connectivity index (χ1n) is 5.29. The molecular formula is C12H28. The van der Waals surface area contributed by atoms with Crippen LogP contribution in [0.3, 0.4) is 0 Å². The van der Waals surface area contributed by atoms with Crippen LogP contribution in [0.4, 0.5) is 0 Å². The van der Waals surface area contributed by atoms with Gasteiger partial charge in [0.15, 0.2) is 0 Å². The number of hydrogen-bond acceptors (Lipinski definition) is 0. The molecule has 0 unspecified atom stereocenters. The lowest BCUT2D eigenvalue weighted by Crippen LogP contribution is -1.81. The molecule has 0 radical (unpaired) electrons. The Bertz CT molecular complexity index is 53.1. The molecular weight excluding hydrogens is 144 g/mol. The molecule has 0 aromatic heterocycles. The van der Waals surface area contributed by atoms with Crippen LogP contribution in [-0.4, -0.2) is 0 Å². The summed E-state index contributed by atoms with van der Waals surface area (Å²) in [5.41, 5.74) is 0. The first-order chi connectivity index (χ1) is 5.68. The fraction of sp³-hybridized carbons (Fsp3) is 0.833. The Morgan fingerprint density at radius 3 is 1.50 bits per heavy atom. The fourth-order valence-electron chi connectivity index (χ4n) is 0.577. The Morgan fingerprint density at radius 2 is 1.50 bits per heavy atom. The predicted molar refractivity (Wildman–Crippen MR) is 61.6 cm³/mol. The predicted octanol–water partition coefficient (Wildman–Crippen LogP) is 5.05. The zero-order valence-electron chi connectivity index (χ0n) is 9.98. The number of rotatable bonds is 3. The lowest BCUT2D eigenvalue weighted by atomic mass is 10.1. The molecule has 0 heterocycles. The average molecular weight is 172 g/mol. The van der Waals surface area contributed by atoms with E-state index in [1.807, 2.05) is 19.9 Å². The minimum Gasteiger partial charge on any atom is -0.103 e. The van der Waals surface area contributed by atoms with Gasteiger partial charge in [-0.3, -0.25) is 0 Å². The highest BCUT2D eigenvalue weighted by Crippen LogP contribution is 2.00. The lowest BCUT2D eigenvalue weighted by Gasteiger charge is -1.95. The van der Waals surface area contributed by atoms with Crippen LogP contribution >= 0.6 is 0 Å². The van der Waals surface area contributed by atoms with Crippen LogP contribution in [0.1, 0.15) is 60.8 Å². The van der Waals surface area contributed by atoms with Crippen LogP contribution in [0.25, 0.3) is 0 Å². The van der Waals surface area contributed by atoms with Crippen molar-refractivity contribution in [1.82, 2.24) is 0 Å². The molecule has 76 valence electrons. The van der Waals surface area contributed by atoms with E-state index in [1.165, 1.54) is 12.8 Å². The summed E-state index contributed by atoms with van der Waals surface area (Å²) >= 11 is 0. The van der Waals surface area contributed by atoms with E-state index in [4.69, 9.17) is 0 Å².